The first-order valence-corrected chi connectivity index (χ1v) is 7.64. The summed E-state index contributed by atoms with van der Waals surface area (Å²) in [5, 5.41) is 0. The molecule has 0 amide bonds. The number of hydrazine groups is 1. The van der Waals surface area contributed by atoms with Gasteiger partial charge in [0.25, 0.3) is 0 Å². The number of nitrogens with one attached hydrogen (secondary N) is 2. The van der Waals surface area contributed by atoms with Gasteiger partial charge in [-0.2, -0.15) is 0 Å². The van der Waals surface area contributed by atoms with Crippen LogP contribution in [0, 0.1) is 5.92 Å². The largest absolute Gasteiger partial charge is 0.324 e. The molecule has 2 unspecified atom stereocenters. The van der Waals surface area contributed by atoms with Crippen molar-refractivity contribution in [2.75, 3.05) is 5.43 Å². The maximum atomic E-state index is 12.1. The summed E-state index contributed by atoms with van der Waals surface area (Å²) in [6.07, 6.45) is 3.14. The maximum absolute atomic E-state index is 12.1. The Morgan fingerprint density at radius 3 is 2.56 bits per heavy atom. The second kappa shape index (κ2) is 5.26. The minimum Gasteiger partial charge on any atom is -0.324 e. The Hall–Kier alpha value is -1.11. The first-order valence-electron chi connectivity index (χ1n) is 6.16. The van der Waals surface area contributed by atoms with E-state index in [1.807, 2.05) is 0 Å². The van der Waals surface area contributed by atoms with Crippen molar-refractivity contribution in [3.05, 3.63) is 24.3 Å². The lowest BCUT2D eigenvalue weighted by atomic mass is 10.2. The fourth-order valence-electron chi connectivity index (χ4n) is 2.08. The predicted molar refractivity (Wildman–Crippen MR) is 71.4 cm³/mol. The van der Waals surface area contributed by atoms with Crippen molar-refractivity contribution in [2.24, 2.45) is 11.8 Å². The van der Waals surface area contributed by atoms with E-state index in [-0.39, 0.29) is 10.9 Å². The lowest BCUT2D eigenvalue weighted by Crippen LogP contribution is -2.27. The lowest BCUT2D eigenvalue weighted by Gasteiger charge is -2.07. The van der Waals surface area contributed by atoms with Gasteiger partial charge < -0.3 is 5.43 Å². The monoisotopic (exact) mass is 269 g/mol. The van der Waals surface area contributed by atoms with E-state index in [9.17, 15) is 8.42 Å². The van der Waals surface area contributed by atoms with E-state index >= 15 is 0 Å². The van der Waals surface area contributed by atoms with Crippen LogP contribution in [0.4, 0.5) is 5.69 Å². The summed E-state index contributed by atoms with van der Waals surface area (Å²) in [4.78, 5) is 0.281. The number of nitrogen functional groups attached to an aromatic ring is 1. The summed E-state index contributed by atoms with van der Waals surface area (Å²) in [7, 11) is -3.39. The number of anilines is 1. The van der Waals surface area contributed by atoms with Gasteiger partial charge in [-0.1, -0.05) is 13.3 Å². The molecule has 6 heteroatoms. The number of hydrogen-bond acceptors (Lipinski definition) is 4. The van der Waals surface area contributed by atoms with Crippen LogP contribution in [0.15, 0.2) is 29.2 Å². The Balaban J connectivity index is 2.02. The molecule has 1 aliphatic carbocycles. The average Bonchev–Trinajstić information content (AvgIpc) is 3.07. The van der Waals surface area contributed by atoms with Crippen LogP contribution in [-0.4, -0.2) is 14.5 Å². The molecule has 1 saturated carbocycles. The van der Waals surface area contributed by atoms with Crippen molar-refractivity contribution in [2.45, 2.75) is 37.1 Å². The van der Waals surface area contributed by atoms with Crippen molar-refractivity contribution in [1.82, 2.24) is 4.72 Å². The molecule has 100 valence electrons. The van der Waals surface area contributed by atoms with Crippen LogP contribution in [0.2, 0.25) is 0 Å². The zero-order chi connectivity index (χ0) is 13.2. The number of rotatable bonds is 6. The number of hydrogen-bond donors (Lipinski definition) is 3. The molecule has 0 bridgehead atoms. The Morgan fingerprint density at radius 1 is 1.33 bits per heavy atom. The summed E-state index contributed by atoms with van der Waals surface area (Å²) in [6.45, 7) is 2.11. The molecule has 2 atom stereocenters. The minimum atomic E-state index is -3.39. The summed E-state index contributed by atoms with van der Waals surface area (Å²) in [6, 6.07) is 6.50. The fourth-order valence-corrected chi connectivity index (χ4v) is 3.40. The quantitative estimate of drug-likeness (QED) is 0.539. The molecule has 4 N–H and O–H groups in total. The molecule has 0 aliphatic heterocycles. The number of sulfonamides is 1. The van der Waals surface area contributed by atoms with Gasteiger partial charge in [0.1, 0.15) is 0 Å². The molecular weight excluding hydrogens is 250 g/mol. The Morgan fingerprint density at radius 2 is 2.00 bits per heavy atom. The van der Waals surface area contributed by atoms with E-state index < -0.39 is 10.0 Å². The van der Waals surface area contributed by atoms with Crippen molar-refractivity contribution in [3.63, 3.8) is 0 Å². The van der Waals surface area contributed by atoms with Gasteiger partial charge in [0, 0.05) is 11.7 Å². The van der Waals surface area contributed by atoms with Crippen molar-refractivity contribution >= 4 is 15.7 Å². The van der Waals surface area contributed by atoms with Gasteiger partial charge in [-0.15, -0.1) is 0 Å². The average molecular weight is 269 g/mol. The van der Waals surface area contributed by atoms with Crippen LogP contribution in [0.5, 0.6) is 0 Å². The molecule has 1 aliphatic rings. The zero-order valence-corrected chi connectivity index (χ0v) is 11.2. The highest BCUT2D eigenvalue weighted by atomic mass is 32.2. The molecule has 18 heavy (non-hydrogen) atoms. The van der Waals surface area contributed by atoms with Crippen molar-refractivity contribution in [1.29, 1.82) is 0 Å². The molecular formula is C12H19N3O2S. The van der Waals surface area contributed by atoms with Gasteiger partial charge in [0.2, 0.25) is 10.0 Å². The SMILES string of the molecule is CCCC1CC1NS(=O)(=O)c1ccc(NN)cc1. The molecule has 0 spiro atoms. The van der Waals surface area contributed by atoms with E-state index in [0.717, 1.165) is 19.3 Å². The van der Waals surface area contributed by atoms with Gasteiger partial charge in [0.15, 0.2) is 0 Å². The van der Waals surface area contributed by atoms with Gasteiger partial charge in [-0.05, 0) is 43.0 Å². The second-order valence-corrected chi connectivity index (χ2v) is 6.39. The van der Waals surface area contributed by atoms with Crippen molar-refractivity contribution in [3.8, 4) is 0 Å². The van der Waals surface area contributed by atoms with E-state index in [1.54, 1.807) is 24.3 Å². The summed E-state index contributed by atoms with van der Waals surface area (Å²) < 4.78 is 26.9. The van der Waals surface area contributed by atoms with Gasteiger partial charge in [-0.3, -0.25) is 5.84 Å². The number of benzene rings is 1. The van der Waals surface area contributed by atoms with Crippen LogP contribution in [0.25, 0.3) is 0 Å². The van der Waals surface area contributed by atoms with Crippen LogP contribution < -0.4 is 16.0 Å². The first kappa shape index (κ1) is 13.3. The normalized spacial score (nSPS) is 22.8. The minimum absolute atomic E-state index is 0.113. The molecule has 2 rings (SSSR count). The smallest absolute Gasteiger partial charge is 0.240 e. The molecule has 0 radical (unpaired) electrons. The van der Waals surface area contributed by atoms with E-state index in [2.05, 4.69) is 17.1 Å². The third kappa shape index (κ3) is 3.01. The molecule has 0 heterocycles. The lowest BCUT2D eigenvalue weighted by molar-refractivity contribution is 0.573. The molecule has 5 nitrogen and oxygen atoms in total. The van der Waals surface area contributed by atoms with Crippen LogP contribution in [-0.2, 0) is 10.0 Å². The zero-order valence-electron chi connectivity index (χ0n) is 10.4. The second-order valence-electron chi connectivity index (χ2n) is 4.68. The molecule has 1 aromatic carbocycles. The molecule has 0 aromatic heterocycles. The van der Waals surface area contributed by atoms with Crippen LogP contribution in [0.1, 0.15) is 26.2 Å². The first-order chi connectivity index (χ1) is 8.56. The van der Waals surface area contributed by atoms with Gasteiger partial charge in [-0.25, -0.2) is 13.1 Å². The topological polar surface area (TPSA) is 84.2 Å². The Kier molecular flexibility index (Phi) is 3.89. The summed E-state index contributed by atoms with van der Waals surface area (Å²) >= 11 is 0. The fraction of sp³-hybridized carbons (Fsp3) is 0.500. The third-order valence-electron chi connectivity index (χ3n) is 3.22. The molecule has 0 saturated heterocycles. The molecule has 1 aromatic rings. The Labute approximate surface area is 108 Å². The van der Waals surface area contributed by atoms with Crippen LogP contribution in [0.3, 0.4) is 0 Å². The summed E-state index contributed by atoms with van der Waals surface area (Å²) in [5.41, 5.74) is 3.15. The maximum Gasteiger partial charge on any atom is 0.240 e. The third-order valence-corrected chi connectivity index (χ3v) is 4.73. The molecule has 1 fully saturated rings. The van der Waals surface area contributed by atoms with Crippen LogP contribution >= 0.6 is 0 Å². The summed E-state index contributed by atoms with van der Waals surface area (Å²) in [5.74, 6) is 5.75. The highest BCUT2D eigenvalue weighted by Crippen LogP contribution is 2.35. The highest BCUT2D eigenvalue weighted by Gasteiger charge is 2.39. The van der Waals surface area contributed by atoms with Gasteiger partial charge in [0.05, 0.1) is 4.90 Å². The van der Waals surface area contributed by atoms with E-state index in [0.29, 0.717) is 11.6 Å². The highest BCUT2D eigenvalue weighted by molar-refractivity contribution is 7.89. The number of nitrogens with two attached hydrogens (primary N) is 1. The Bertz CT molecular complexity index is 499. The van der Waals surface area contributed by atoms with Crippen molar-refractivity contribution < 1.29 is 8.42 Å². The predicted octanol–water partition coefficient (Wildman–Crippen LogP) is 1.44. The standard InChI is InChI=1S/C12H19N3O2S/c1-2-3-9-8-12(9)15-18(16,17)11-6-4-10(14-13)5-7-11/h4-7,9,12,14-15H,2-3,8,13H2,1H3. The van der Waals surface area contributed by atoms with E-state index in [4.69, 9.17) is 5.84 Å². The van der Waals surface area contributed by atoms with Gasteiger partial charge >= 0.3 is 0 Å². The van der Waals surface area contributed by atoms with E-state index in [1.165, 1.54) is 0 Å².